The Labute approximate surface area is 147 Å². The molecule has 0 saturated carbocycles. The monoisotopic (exact) mass is 341 g/mol. The fourth-order valence-corrected chi connectivity index (χ4v) is 2.73. The van der Waals surface area contributed by atoms with Crippen LogP contribution < -0.4 is 5.32 Å². The Hall–Kier alpha value is -2.66. The van der Waals surface area contributed by atoms with Crippen molar-refractivity contribution >= 4 is 11.9 Å². The molecule has 0 aromatic heterocycles. The Morgan fingerprint density at radius 2 is 1.52 bits per heavy atom. The second-order valence-corrected chi connectivity index (χ2v) is 5.82. The van der Waals surface area contributed by atoms with Crippen molar-refractivity contribution in [1.82, 2.24) is 5.32 Å². The first-order valence-electron chi connectivity index (χ1n) is 8.22. The summed E-state index contributed by atoms with van der Waals surface area (Å²) in [5, 5.41) is 11.8. The fraction of sp³-hybridized carbons (Fsp3) is 0.300. The van der Waals surface area contributed by atoms with Gasteiger partial charge in [0.2, 0.25) is 5.91 Å². The summed E-state index contributed by atoms with van der Waals surface area (Å²) < 4.78 is 4.91. The first-order valence-corrected chi connectivity index (χ1v) is 8.22. The lowest BCUT2D eigenvalue weighted by molar-refractivity contribution is -0.142. The first kappa shape index (κ1) is 18.7. The third-order valence-corrected chi connectivity index (χ3v) is 4.04. The molecule has 0 radical (unpaired) electrons. The highest BCUT2D eigenvalue weighted by molar-refractivity contribution is 5.84. The molecule has 0 fully saturated rings. The molecule has 0 heterocycles. The SMILES string of the molecule is COCCC(NC(=O)CC(c1ccccc1)c1ccccc1)C(=O)O. The van der Waals surface area contributed by atoms with Crippen LogP contribution >= 0.6 is 0 Å². The number of aliphatic carboxylic acids is 1. The Morgan fingerprint density at radius 3 is 1.96 bits per heavy atom. The van der Waals surface area contributed by atoms with Crippen LogP contribution in [0.15, 0.2) is 60.7 Å². The third kappa shape index (κ3) is 5.72. The van der Waals surface area contributed by atoms with Gasteiger partial charge in [0.15, 0.2) is 0 Å². The van der Waals surface area contributed by atoms with E-state index in [0.717, 1.165) is 11.1 Å². The minimum absolute atomic E-state index is 0.126. The van der Waals surface area contributed by atoms with Crippen molar-refractivity contribution in [3.63, 3.8) is 0 Å². The van der Waals surface area contributed by atoms with E-state index >= 15 is 0 Å². The number of carboxylic acid groups (broad SMARTS) is 1. The van der Waals surface area contributed by atoms with Gasteiger partial charge in [0.1, 0.15) is 6.04 Å². The van der Waals surface area contributed by atoms with E-state index in [1.54, 1.807) is 0 Å². The van der Waals surface area contributed by atoms with E-state index in [0.29, 0.717) is 0 Å². The second-order valence-electron chi connectivity index (χ2n) is 5.82. The summed E-state index contributed by atoms with van der Waals surface area (Å²) in [5.41, 5.74) is 2.04. The zero-order valence-electron chi connectivity index (χ0n) is 14.2. The lowest BCUT2D eigenvalue weighted by Crippen LogP contribution is -2.42. The average molecular weight is 341 g/mol. The number of rotatable bonds is 9. The van der Waals surface area contributed by atoms with E-state index in [9.17, 15) is 14.7 Å². The summed E-state index contributed by atoms with van der Waals surface area (Å²) in [6.45, 7) is 0.276. The molecule has 1 unspecified atom stereocenters. The number of ether oxygens (including phenoxy) is 1. The molecule has 0 spiro atoms. The van der Waals surface area contributed by atoms with E-state index in [1.807, 2.05) is 60.7 Å². The largest absolute Gasteiger partial charge is 0.480 e. The summed E-state index contributed by atoms with van der Waals surface area (Å²) in [4.78, 5) is 23.8. The summed E-state index contributed by atoms with van der Waals surface area (Å²) in [7, 11) is 1.50. The Bertz CT molecular complexity index is 633. The van der Waals surface area contributed by atoms with Gasteiger partial charge >= 0.3 is 5.97 Å². The van der Waals surface area contributed by atoms with Gasteiger partial charge in [-0.05, 0) is 11.1 Å². The third-order valence-electron chi connectivity index (χ3n) is 4.04. The smallest absolute Gasteiger partial charge is 0.326 e. The summed E-state index contributed by atoms with van der Waals surface area (Å²) >= 11 is 0. The van der Waals surface area contributed by atoms with Crippen LogP contribution in [-0.4, -0.2) is 36.7 Å². The molecule has 2 aromatic carbocycles. The topological polar surface area (TPSA) is 75.6 Å². The van der Waals surface area contributed by atoms with E-state index < -0.39 is 12.0 Å². The number of nitrogens with one attached hydrogen (secondary N) is 1. The number of hydrogen-bond acceptors (Lipinski definition) is 3. The van der Waals surface area contributed by atoms with Gasteiger partial charge in [-0.1, -0.05) is 60.7 Å². The standard InChI is InChI=1S/C20H23NO4/c1-25-13-12-18(20(23)24)21-19(22)14-17(15-8-4-2-5-9-15)16-10-6-3-7-11-16/h2-11,17-18H,12-14H2,1H3,(H,21,22)(H,23,24). The first-order chi connectivity index (χ1) is 12.1. The summed E-state index contributed by atoms with van der Waals surface area (Å²) in [6.07, 6.45) is 0.420. The van der Waals surface area contributed by atoms with Gasteiger partial charge in [0.05, 0.1) is 0 Å². The Balaban J connectivity index is 2.13. The quantitative estimate of drug-likeness (QED) is 0.735. The molecule has 5 nitrogen and oxygen atoms in total. The molecule has 0 bridgehead atoms. The summed E-state index contributed by atoms with van der Waals surface area (Å²) in [6, 6.07) is 18.5. The number of carbonyl (C=O) groups excluding carboxylic acids is 1. The molecule has 1 amide bonds. The van der Waals surface area contributed by atoms with Gasteiger partial charge in [-0.2, -0.15) is 0 Å². The Kier molecular flexibility index (Phi) is 7.16. The minimum atomic E-state index is -1.05. The maximum atomic E-state index is 12.5. The van der Waals surface area contributed by atoms with Gasteiger partial charge in [-0.25, -0.2) is 4.79 Å². The molecule has 132 valence electrons. The minimum Gasteiger partial charge on any atom is -0.480 e. The van der Waals surface area contributed by atoms with Crippen molar-refractivity contribution in [3.8, 4) is 0 Å². The van der Waals surface area contributed by atoms with Crippen molar-refractivity contribution < 1.29 is 19.4 Å². The number of carboxylic acids is 1. The number of amides is 1. The van der Waals surface area contributed by atoms with Crippen LogP contribution in [-0.2, 0) is 14.3 Å². The van der Waals surface area contributed by atoms with Crippen LogP contribution in [0.3, 0.4) is 0 Å². The molecule has 25 heavy (non-hydrogen) atoms. The number of hydrogen-bond donors (Lipinski definition) is 2. The summed E-state index contributed by atoms with van der Waals surface area (Å²) in [5.74, 6) is -1.47. The molecule has 0 aliphatic carbocycles. The zero-order valence-corrected chi connectivity index (χ0v) is 14.2. The highest BCUT2D eigenvalue weighted by atomic mass is 16.5. The highest BCUT2D eigenvalue weighted by Gasteiger charge is 2.23. The number of carbonyl (C=O) groups is 2. The predicted octanol–water partition coefficient (Wildman–Crippen LogP) is 2.81. The van der Waals surface area contributed by atoms with Gasteiger partial charge in [0, 0.05) is 32.5 Å². The maximum absolute atomic E-state index is 12.5. The van der Waals surface area contributed by atoms with Crippen LogP contribution in [0.25, 0.3) is 0 Å². The molecule has 0 saturated heterocycles. The highest BCUT2D eigenvalue weighted by Crippen LogP contribution is 2.27. The van der Waals surface area contributed by atoms with Crippen LogP contribution in [0, 0.1) is 0 Å². The molecular formula is C20H23NO4. The second kappa shape index (κ2) is 9.59. The van der Waals surface area contributed by atoms with Crippen LogP contribution in [0.2, 0.25) is 0 Å². The molecule has 0 aliphatic heterocycles. The fourth-order valence-electron chi connectivity index (χ4n) is 2.73. The van der Waals surface area contributed by atoms with Gasteiger partial charge in [0.25, 0.3) is 0 Å². The van der Waals surface area contributed by atoms with Gasteiger partial charge < -0.3 is 15.2 Å². The van der Waals surface area contributed by atoms with E-state index in [4.69, 9.17) is 4.74 Å². The number of benzene rings is 2. The van der Waals surface area contributed by atoms with Crippen molar-refractivity contribution in [2.24, 2.45) is 0 Å². The average Bonchev–Trinajstić information content (AvgIpc) is 2.64. The molecular weight excluding hydrogens is 318 g/mol. The van der Waals surface area contributed by atoms with E-state index in [-0.39, 0.29) is 31.3 Å². The molecule has 1 atom stereocenters. The van der Waals surface area contributed by atoms with Crippen LogP contribution in [0.1, 0.15) is 29.9 Å². The lowest BCUT2D eigenvalue weighted by atomic mass is 9.88. The number of methoxy groups -OCH3 is 1. The van der Waals surface area contributed by atoms with Gasteiger partial charge in [-0.3, -0.25) is 4.79 Å². The van der Waals surface area contributed by atoms with Crippen molar-refractivity contribution in [2.75, 3.05) is 13.7 Å². The Morgan fingerprint density at radius 1 is 1.00 bits per heavy atom. The van der Waals surface area contributed by atoms with Crippen LogP contribution in [0.4, 0.5) is 0 Å². The maximum Gasteiger partial charge on any atom is 0.326 e. The zero-order chi connectivity index (χ0) is 18.1. The predicted molar refractivity (Wildman–Crippen MR) is 95.4 cm³/mol. The van der Waals surface area contributed by atoms with Gasteiger partial charge in [-0.15, -0.1) is 0 Å². The van der Waals surface area contributed by atoms with Crippen molar-refractivity contribution in [3.05, 3.63) is 71.8 Å². The molecule has 2 aromatic rings. The van der Waals surface area contributed by atoms with Crippen LogP contribution in [0.5, 0.6) is 0 Å². The van der Waals surface area contributed by atoms with Crippen molar-refractivity contribution in [2.45, 2.75) is 24.8 Å². The molecule has 0 aliphatic rings. The molecule has 2 N–H and O–H groups in total. The van der Waals surface area contributed by atoms with Crippen molar-refractivity contribution in [1.29, 1.82) is 0 Å². The molecule has 5 heteroatoms. The van der Waals surface area contributed by atoms with E-state index in [2.05, 4.69) is 5.32 Å². The van der Waals surface area contributed by atoms with E-state index in [1.165, 1.54) is 7.11 Å². The molecule has 2 rings (SSSR count). The normalized spacial score (nSPS) is 11.9. The lowest BCUT2D eigenvalue weighted by Gasteiger charge is -2.20.